The predicted molar refractivity (Wildman–Crippen MR) is 88.1 cm³/mol. The Hall–Kier alpha value is -1.79. The van der Waals surface area contributed by atoms with Crippen LogP contribution in [0.1, 0.15) is 55.1 Å². The van der Waals surface area contributed by atoms with E-state index in [9.17, 15) is 4.79 Å². The van der Waals surface area contributed by atoms with Crippen molar-refractivity contribution in [1.29, 1.82) is 0 Å². The Labute approximate surface area is 128 Å². The summed E-state index contributed by atoms with van der Waals surface area (Å²) in [6.07, 6.45) is 2.12. The lowest BCUT2D eigenvalue weighted by atomic mass is 9.95. The Bertz CT molecular complexity index is 536. The maximum Gasteiger partial charge on any atom is 0.252 e. The number of nitrogens with two attached hydrogens (primary N) is 1. The Morgan fingerprint density at radius 3 is 2.57 bits per heavy atom. The molecule has 3 heteroatoms. The van der Waals surface area contributed by atoms with Crippen molar-refractivity contribution in [2.24, 2.45) is 11.7 Å². The van der Waals surface area contributed by atoms with Crippen molar-refractivity contribution in [3.8, 4) is 11.8 Å². The first kappa shape index (κ1) is 17.3. The van der Waals surface area contributed by atoms with Gasteiger partial charge in [0.2, 0.25) is 0 Å². The molecule has 0 aliphatic rings. The minimum absolute atomic E-state index is 0.0561. The Balaban J connectivity index is 2.98. The lowest BCUT2D eigenvalue weighted by Crippen LogP contribution is -2.38. The van der Waals surface area contributed by atoms with E-state index in [1.54, 1.807) is 0 Å². The van der Waals surface area contributed by atoms with Gasteiger partial charge >= 0.3 is 0 Å². The molecule has 0 saturated heterocycles. The number of aryl methyl sites for hydroxylation is 1. The topological polar surface area (TPSA) is 55.1 Å². The van der Waals surface area contributed by atoms with Crippen LogP contribution in [0, 0.1) is 24.7 Å². The van der Waals surface area contributed by atoms with Crippen LogP contribution in [-0.4, -0.2) is 18.5 Å². The predicted octanol–water partition coefficient (Wildman–Crippen LogP) is 2.86. The molecule has 114 valence electrons. The highest BCUT2D eigenvalue weighted by atomic mass is 16.1. The molecular weight excluding hydrogens is 260 g/mol. The average Bonchev–Trinajstić information content (AvgIpc) is 2.47. The lowest BCUT2D eigenvalue weighted by molar-refractivity contribution is 0.0925. The Morgan fingerprint density at radius 2 is 2.00 bits per heavy atom. The maximum absolute atomic E-state index is 12.5. The van der Waals surface area contributed by atoms with Crippen molar-refractivity contribution in [2.75, 3.05) is 6.54 Å². The van der Waals surface area contributed by atoms with Crippen LogP contribution in [0.2, 0.25) is 0 Å². The van der Waals surface area contributed by atoms with Crippen LogP contribution < -0.4 is 11.1 Å². The van der Waals surface area contributed by atoms with Crippen molar-refractivity contribution >= 4 is 5.91 Å². The van der Waals surface area contributed by atoms with E-state index in [0.29, 0.717) is 18.0 Å². The molecule has 0 aliphatic carbocycles. The molecule has 1 amide bonds. The van der Waals surface area contributed by atoms with Gasteiger partial charge in [0, 0.05) is 11.6 Å². The van der Waals surface area contributed by atoms with Crippen LogP contribution in [0.25, 0.3) is 0 Å². The number of carbonyl (C=O) groups is 1. The maximum atomic E-state index is 12.5. The molecule has 21 heavy (non-hydrogen) atoms. The van der Waals surface area contributed by atoms with E-state index in [-0.39, 0.29) is 11.9 Å². The highest BCUT2D eigenvalue weighted by Gasteiger charge is 2.18. The Kier molecular flexibility index (Phi) is 6.98. The van der Waals surface area contributed by atoms with Crippen LogP contribution in [0.3, 0.4) is 0 Å². The molecule has 0 heterocycles. The van der Waals surface area contributed by atoms with Gasteiger partial charge in [-0.05, 0) is 31.9 Å². The van der Waals surface area contributed by atoms with E-state index in [1.807, 2.05) is 25.1 Å². The quantitative estimate of drug-likeness (QED) is 0.818. The van der Waals surface area contributed by atoms with Gasteiger partial charge in [-0.25, -0.2) is 0 Å². The minimum atomic E-state index is -0.0561. The van der Waals surface area contributed by atoms with Crippen molar-refractivity contribution < 1.29 is 4.79 Å². The van der Waals surface area contributed by atoms with E-state index < -0.39 is 0 Å². The van der Waals surface area contributed by atoms with Gasteiger partial charge in [-0.2, -0.15) is 0 Å². The molecule has 0 aromatic heterocycles. The van der Waals surface area contributed by atoms with Crippen LogP contribution in [0.15, 0.2) is 18.2 Å². The second-order valence-electron chi connectivity index (χ2n) is 5.39. The SMILES string of the molecule is CCC(CC)C(C)NC(=O)c1cc(C)ccc1C#CCN. The van der Waals surface area contributed by atoms with Crippen molar-refractivity contribution in [2.45, 2.75) is 46.6 Å². The highest BCUT2D eigenvalue weighted by Crippen LogP contribution is 2.15. The molecule has 1 atom stereocenters. The smallest absolute Gasteiger partial charge is 0.252 e. The van der Waals surface area contributed by atoms with Crippen LogP contribution in [0.4, 0.5) is 0 Å². The van der Waals surface area contributed by atoms with Gasteiger partial charge in [0.25, 0.3) is 5.91 Å². The molecule has 1 aromatic rings. The summed E-state index contributed by atoms with van der Waals surface area (Å²) < 4.78 is 0. The summed E-state index contributed by atoms with van der Waals surface area (Å²) >= 11 is 0. The number of amides is 1. The first-order valence-corrected chi connectivity index (χ1v) is 7.63. The molecule has 3 nitrogen and oxygen atoms in total. The molecule has 0 radical (unpaired) electrons. The van der Waals surface area contributed by atoms with Gasteiger partial charge < -0.3 is 11.1 Å². The molecule has 1 aromatic carbocycles. The summed E-state index contributed by atoms with van der Waals surface area (Å²) in [5.74, 6) is 6.23. The normalized spacial score (nSPS) is 11.7. The zero-order valence-electron chi connectivity index (χ0n) is 13.5. The summed E-state index contributed by atoms with van der Waals surface area (Å²) in [6.45, 7) is 8.64. The van der Waals surface area contributed by atoms with Crippen LogP contribution in [-0.2, 0) is 0 Å². The Morgan fingerprint density at radius 1 is 1.33 bits per heavy atom. The third-order valence-electron chi connectivity index (χ3n) is 3.86. The second kappa shape index (κ2) is 8.49. The van der Waals surface area contributed by atoms with Gasteiger partial charge in [0.1, 0.15) is 0 Å². The highest BCUT2D eigenvalue weighted by molar-refractivity contribution is 5.97. The van der Waals surface area contributed by atoms with Gasteiger partial charge in [-0.15, -0.1) is 0 Å². The fourth-order valence-corrected chi connectivity index (χ4v) is 2.50. The average molecular weight is 286 g/mol. The summed E-state index contributed by atoms with van der Waals surface area (Å²) in [4.78, 5) is 12.5. The van der Waals surface area contributed by atoms with Crippen molar-refractivity contribution in [3.63, 3.8) is 0 Å². The zero-order chi connectivity index (χ0) is 15.8. The fourth-order valence-electron chi connectivity index (χ4n) is 2.50. The fraction of sp³-hybridized carbons (Fsp3) is 0.500. The molecule has 3 N–H and O–H groups in total. The van der Waals surface area contributed by atoms with Crippen LogP contribution in [0.5, 0.6) is 0 Å². The lowest BCUT2D eigenvalue weighted by Gasteiger charge is -2.22. The van der Waals surface area contributed by atoms with Gasteiger partial charge in [0.05, 0.1) is 12.1 Å². The number of hydrogen-bond acceptors (Lipinski definition) is 2. The van der Waals surface area contributed by atoms with Crippen LogP contribution >= 0.6 is 0 Å². The number of hydrogen-bond donors (Lipinski definition) is 2. The molecule has 1 rings (SSSR count). The number of carbonyl (C=O) groups excluding carboxylic acids is 1. The first-order valence-electron chi connectivity index (χ1n) is 7.63. The molecule has 0 spiro atoms. The largest absolute Gasteiger partial charge is 0.349 e. The monoisotopic (exact) mass is 286 g/mol. The third kappa shape index (κ3) is 4.91. The molecule has 0 aliphatic heterocycles. The summed E-state index contributed by atoms with van der Waals surface area (Å²) in [6, 6.07) is 5.88. The zero-order valence-corrected chi connectivity index (χ0v) is 13.5. The van der Waals surface area contributed by atoms with Crippen molar-refractivity contribution in [1.82, 2.24) is 5.32 Å². The summed E-state index contributed by atoms with van der Waals surface area (Å²) in [5.41, 5.74) is 7.83. The van der Waals surface area contributed by atoms with Crippen molar-refractivity contribution in [3.05, 3.63) is 34.9 Å². The number of rotatable bonds is 5. The number of benzene rings is 1. The summed E-state index contributed by atoms with van der Waals surface area (Å²) in [5, 5.41) is 3.10. The standard InChI is InChI=1S/C18H26N2O/c1-5-15(6-2)14(4)20-18(21)17-12-13(3)9-10-16(17)8-7-11-19/h9-10,12,14-15H,5-6,11,19H2,1-4H3,(H,20,21). The summed E-state index contributed by atoms with van der Waals surface area (Å²) in [7, 11) is 0. The molecule has 0 fully saturated rings. The third-order valence-corrected chi connectivity index (χ3v) is 3.86. The van der Waals surface area contributed by atoms with Gasteiger partial charge in [-0.3, -0.25) is 4.79 Å². The molecule has 0 saturated carbocycles. The minimum Gasteiger partial charge on any atom is -0.349 e. The molecular formula is C18H26N2O. The van der Waals surface area contributed by atoms with E-state index >= 15 is 0 Å². The van der Waals surface area contributed by atoms with E-state index in [4.69, 9.17) is 5.73 Å². The number of nitrogens with one attached hydrogen (secondary N) is 1. The van der Waals surface area contributed by atoms with E-state index in [2.05, 4.69) is 37.9 Å². The van der Waals surface area contributed by atoms with Gasteiger partial charge in [0.15, 0.2) is 0 Å². The molecule has 0 bridgehead atoms. The van der Waals surface area contributed by atoms with E-state index in [0.717, 1.165) is 24.0 Å². The first-order chi connectivity index (χ1) is 10.0. The van der Waals surface area contributed by atoms with Gasteiger partial charge in [-0.1, -0.05) is 50.2 Å². The van der Waals surface area contributed by atoms with E-state index in [1.165, 1.54) is 0 Å². The second-order valence-corrected chi connectivity index (χ2v) is 5.39. The molecule has 1 unspecified atom stereocenters.